The van der Waals surface area contributed by atoms with Gasteiger partial charge in [0.1, 0.15) is 70.5 Å². The van der Waals surface area contributed by atoms with Crippen molar-refractivity contribution < 1.29 is 146 Å². The Kier molecular flexibility index (Phi) is 39.0. The number of phenols is 2. The molecule has 25 N–H and O–H groups in total. The third kappa shape index (κ3) is 29.7. The van der Waals surface area contributed by atoms with Gasteiger partial charge in [-0.05, 0) is 109 Å². The van der Waals surface area contributed by atoms with E-state index in [1.54, 1.807) is 4.90 Å². The fourth-order valence-corrected chi connectivity index (χ4v) is 14.8. The van der Waals surface area contributed by atoms with Gasteiger partial charge in [0.2, 0.25) is 84.6 Å². The summed E-state index contributed by atoms with van der Waals surface area (Å²) in [7, 11) is 1.49. The first kappa shape index (κ1) is 106. The van der Waals surface area contributed by atoms with E-state index in [1.807, 2.05) is 0 Å². The summed E-state index contributed by atoms with van der Waals surface area (Å²) in [6.07, 6.45) is -6.74. The second-order valence-electron chi connectivity index (χ2n) is 32.3. The molecule has 5 aromatic rings. The van der Waals surface area contributed by atoms with Crippen LogP contribution in [0.15, 0.2) is 47.4 Å². The van der Waals surface area contributed by atoms with Crippen LogP contribution < -0.4 is 100 Å². The smallest absolute Gasteiger partial charge is 0.412 e. The molecule has 3 aliphatic heterocycles. The minimum Gasteiger partial charge on any atom is -0.545 e. The lowest BCUT2D eigenvalue weighted by Gasteiger charge is -2.35. The summed E-state index contributed by atoms with van der Waals surface area (Å²) in [5.41, 5.74) is 2.47. The molecule has 135 heavy (non-hydrogen) atoms. The number of aryl methyl sites for hydroxylation is 1. The molecular weight excluding hydrogens is 1790 g/mol. The molecule has 3 aromatic heterocycles. The Bertz CT molecular complexity index is 5310. The highest BCUT2D eigenvalue weighted by atomic mass is 19.1. The molecule has 0 aliphatic carbocycles. The number of aromatic hydroxyl groups is 2. The Morgan fingerprint density at radius 3 is 1.96 bits per heavy atom. The third-order valence-electron chi connectivity index (χ3n) is 22.1. The number of carbonyl (C=O) groups excluding carboxylic acids is 17. The second kappa shape index (κ2) is 49.8. The lowest BCUT2D eigenvalue weighted by molar-refractivity contribution is -0.674. The number of aromatic nitrogens is 3. The summed E-state index contributed by atoms with van der Waals surface area (Å²) in [5, 5.41) is 139. The number of hydroxylamine groups is 4. The Hall–Kier alpha value is -14.6. The number of guanidine groups is 1. The fourth-order valence-electron chi connectivity index (χ4n) is 14.8. The maximum Gasteiger partial charge on any atom is 0.412 e. The van der Waals surface area contributed by atoms with Crippen LogP contribution >= 0.6 is 0 Å². The van der Waals surface area contributed by atoms with Crippen molar-refractivity contribution in [3.63, 3.8) is 0 Å². The molecule has 6 heterocycles. The van der Waals surface area contributed by atoms with Gasteiger partial charge in [0.25, 0.3) is 11.7 Å². The van der Waals surface area contributed by atoms with E-state index in [4.69, 9.17) is 20.6 Å². The van der Waals surface area contributed by atoms with E-state index in [2.05, 4.69) is 79.4 Å². The maximum absolute atomic E-state index is 15.5. The van der Waals surface area contributed by atoms with Gasteiger partial charge in [-0.3, -0.25) is 97.9 Å². The molecule has 2 aromatic carbocycles. The Morgan fingerprint density at radius 1 is 0.704 bits per heavy atom. The Labute approximate surface area is 767 Å². The molecular formula is C82H112FN23O29. The van der Waals surface area contributed by atoms with Crippen LogP contribution in [0.4, 0.5) is 26.4 Å². The van der Waals surface area contributed by atoms with Crippen LogP contribution in [0.1, 0.15) is 127 Å². The van der Waals surface area contributed by atoms with E-state index in [-0.39, 0.29) is 191 Å². The standard InChI is InChI=1S/C82H112FN23O29/c1-42(111)65-76(126)89-19-6-5-10-51(71(121)93-50(12-8-24-104(132)39-109)72(122)98-66(43(2)112)77(127)99-65)97-79(130)82(3,18-9-25-105(133)40-110)100-74(124)55(38-108)95-70(120)49(11-7-20-90-80(84)85)94-73(123)54(37-107)96-75(125)56-17-21-88-69-53(32-45-33-59(113)60(114)35-57(45)106(56)69)91-63(117)14-13-61(115)86-22-23-87-62(116)15-16-64(118)134-41-135-81(131)103-28-26-102(27-29-103)58-34-52-44(31-48(58)83)30-46-67(119)47(78(128)129)36-101(4)68(46)92-52/h30-36,39-40,42-43,49-51,54-56,65-66,107-108,111-112,132-133H,5-29,37-38,41H2,1-4H3,(H19,84,85,86,87,88,89,90,91,93,94,95,96,97,98,99,100,113,114,115,116,117,120,121,122,123,124,125,126,127,128,129,130)/t42?,43?,49-,50-,51-,54+,55+,56-,65+,66-,82-/m0/s1. The van der Waals surface area contributed by atoms with E-state index < -0.39 is 248 Å². The highest BCUT2D eigenvalue weighted by molar-refractivity contribution is 6.02. The topological polar surface area (TPSA) is 764 Å². The number of aliphatic hydroxyl groups excluding tert-OH is 4. The molecule has 736 valence electrons. The molecule has 11 atom stereocenters. The van der Waals surface area contributed by atoms with Crippen LogP contribution in [-0.2, 0) is 88.4 Å². The summed E-state index contributed by atoms with van der Waals surface area (Å²) in [6.45, 7) is -0.752. The number of pyridine rings is 3. The number of fused-ring (bicyclic) bond motifs is 5. The number of amides is 15. The van der Waals surface area contributed by atoms with Crippen LogP contribution in [0.3, 0.4) is 0 Å². The predicted molar refractivity (Wildman–Crippen MR) is 464 cm³/mol. The third-order valence-corrected chi connectivity index (χ3v) is 22.1. The zero-order chi connectivity index (χ0) is 99.2. The number of carboxylic acids is 1. The van der Waals surface area contributed by atoms with Crippen LogP contribution in [0.25, 0.3) is 32.8 Å². The van der Waals surface area contributed by atoms with Crippen LogP contribution in [0.5, 0.6) is 11.5 Å². The van der Waals surface area contributed by atoms with Crippen LogP contribution in [0, 0.1) is 11.2 Å². The average Bonchev–Trinajstić information content (AvgIpc) is 0.759. The zero-order valence-electron chi connectivity index (χ0n) is 74.0. The van der Waals surface area contributed by atoms with E-state index in [9.17, 15) is 132 Å². The number of nitrogens with one attached hydrogen (secondary N) is 15. The van der Waals surface area contributed by atoms with Gasteiger partial charge in [0.05, 0.1) is 66.5 Å². The number of nitrogens with two attached hydrogens (primary N) is 1. The maximum atomic E-state index is 15.5. The number of nitrogens with zero attached hydrogens (tertiary/aromatic N) is 7. The molecule has 8 rings (SSSR count). The summed E-state index contributed by atoms with van der Waals surface area (Å²) >= 11 is 0. The van der Waals surface area contributed by atoms with Gasteiger partial charge in [0, 0.05) is 121 Å². The zero-order valence-corrected chi connectivity index (χ0v) is 74.0. The van der Waals surface area contributed by atoms with Gasteiger partial charge in [0.15, 0.2) is 28.9 Å². The normalized spacial score (nSPS) is 18.1. The largest absolute Gasteiger partial charge is 0.545 e. The van der Waals surface area contributed by atoms with E-state index in [1.165, 1.54) is 46.2 Å². The number of hydrogen-bond donors (Lipinski definition) is 24. The first-order valence-electron chi connectivity index (χ1n) is 43.0. The second-order valence-corrected chi connectivity index (χ2v) is 32.3. The highest BCUT2D eigenvalue weighted by Gasteiger charge is 2.43. The molecule has 0 radical (unpaired) electrons. The average molecular weight is 1900 g/mol. The monoisotopic (exact) mass is 1900 g/mol. The number of ether oxygens (including phenoxy) is 2. The number of phenolic OH excluding ortho intramolecular Hbond substituents is 2. The first-order chi connectivity index (χ1) is 64.1. The number of esters is 1. The van der Waals surface area contributed by atoms with E-state index in [0.29, 0.717) is 5.52 Å². The molecule has 2 fully saturated rings. The summed E-state index contributed by atoms with van der Waals surface area (Å²) in [6, 6.07) is -6.31. The van der Waals surface area contributed by atoms with Gasteiger partial charge in [-0.1, -0.05) is 0 Å². The van der Waals surface area contributed by atoms with Crippen molar-refractivity contribution in [3.8, 4) is 11.5 Å². The molecule has 0 spiro atoms. The Morgan fingerprint density at radius 2 is 1.32 bits per heavy atom. The fraction of sp³-hybridized carbons (Fsp3) is 0.524. The first-order valence-corrected chi connectivity index (χ1v) is 43.0. The van der Waals surface area contributed by atoms with Crippen molar-refractivity contribution in [2.75, 3.05) is 108 Å². The number of aromatic carboxylic acids is 1. The van der Waals surface area contributed by atoms with Gasteiger partial charge < -0.3 is 139 Å². The molecule has 2 saturated heterocycles. The minimum atomic E-state index is -2.26. The van der Waals surface area contributed by atoms with E-state index >= 15 is 4.39 Å². The molecule has 53 heteroatoms. The number of halogens is 1. The van der Waals surface area contributed by atoms with Gasteiger partial charge in [-0.15, -0.1) is 0 Å². The van der Waals surface area contributed by atoms with Crippen LogP contribution in [0.2, 0.25) is 0 Å². The summed E-state index contributed by atoms with van der Waals surface area (Å²) in [5.74, 6) is -17.2. The molecule has 0 saturated carbocycles. The van der Waals surface area contributed by atoms with Gasteiger partial charge in [-0.25, -0.2) is 28.9 Å². The Balaban J connectivity index is 0.850. The lowest BCUT2D eigenvalue weighted by Crippen LogP contribution is -2.65. The van der Waals surface area contributed by atoms with Crippen molar-refractivity contribution in [1.29, 1.82) is 5.41 Å². The number of carboxylic acid groups (broad SMARTS) is 1. The van der Waals surface area contributed by atoms with Crippen molar-refractivity contribution in [1.82, 2.24) is 88.4 Å². The van der Waals surface area contributed by atoms with E-state index in [0.717, 1.165) is 38.2 Å². The lowest BCUT2D eigenvalue weighted by atomic mass is 9.92. The molecule has 15 amide bonds. The molecule has 2 unspecified atom stereocenters. The van der Waals surface area contributed by atoms with Crippen molar-refractivity contribution >= 4 is 158 Å². The highest BCUT2D eigenvalue weighted by Crippen LogP contribution is 2.36. The van der Waals surface area contributed by atoms with Gasteiger partial charge in [-0.2, -0.15) is 0 Å². The molecule has 0 bridgehead atoms. The SMILES string of the molecule is CC(O)[C@@H]1NC(=O)[C@H](CCCN(O)C=O)NC(=O)[C@@H](NC(=O)[C@](C)(CCCN(O)C=O)NC(=O)[C@@H](CO)NC(=O)[C@H](CCCNC(=N)N)NC(=O)[C@@H](CO)NC(=O)[C@@H]2CCNc3c(NC(=O)CCC(=O)NCCNC(=O)CCC(=O)OCOC(=O)N4CCN(c5cc6nc7c(cc6cc5F)c(=O)c(C(=O)[O-])cn7C)CC4)cc4cc(O)c(O)cc4[n+]32)CCCCNC(=O)[C@@H](C(C)O)NC1=O. The van der Waals surface area contributed by atoms with Crippen molar-refractivity contribution in [2.45, 2.75) is 177 Å². The number of aliphatic hydroxyl groups is 4. The number of anilines is 3. The van der Waals surface area contributed by atoms with Crippen LogP contribution in [-0.4, -0.2) is 325 Å². The number of carbonyl (C=O) groups is 17. The quantitative estimate of drug-likeness (QED) is 0.00147. The number of rotatable bonds is 42. The van der Waals surface area contributed by atoms with Crippen molar-refractivity contribution in [2.24, 2.45) is 12.8 Å². The summed E-state index contributed by atoms with van der Waals surface area (Å²) in [4.78, 5) is 247. The van der Waals surface area contributed by atoms with Crippen molar-refractivity contribution in [3.05, 3.63) is 64.2 Å². The number of piperazine rings is 1. The molecule has 3 aliphatic rings. The minimum absolute atomic E-state index is 0.00894. The molecule has 52 nitrogen and oxygen atoms in total. The summed E-state index contributed by atoms with van der Waals surface area (Å²) < 4.78 is 28.3. The predicted octanol–water partition coefficient (Wildman–Crippen LogP) is -8.18. The number of benzene rings is 2. The van der Waals surface area contributed by atoms with Gasteiger partial charge >= 0.3 is 12.1 Å². The number of hydrogen-bond acceptors (Lipinski definition) is 33.